The molecule has 0 aromatic rings. The lowest BCUT2D eigenvalue weighted by Gasteiger charge is -2.32. The molecule has 3 heterocycles. The molecule has 0 aliphatic carbocycles. The predicted molar refractivity (Wildman–Crippen MR) is 211 cm³/mol. The van der Waals surface area contributed by atoms with Crippen LogP contribution in [0.2, 0.25) is 0 Å². The summed E-state index contributed by atoms with van der Waals surface area (Å²) in [5.41, 5.74) is 0. The van der Waals surface area contributed by atoms with Gasteiger partial charge in [-0.2, -0.15) is 10.5 Å². The van der Waals surface area contributed by atoms with E-state index in [9.17, 15) is 20.1 Å². The van der Waals surface area contributed by atoms with Crippen molar-refractivity contribution in [2.75, 3.05) is 40.1 Å². The molecule has 0 spiro atoms. The van der Waals surface area contributed by atoms with Crippen LogP contribution in [0, 0.1) is 22.7 Å². The van der Waals surface area contributed by atoms with Crippen LogP contribution in [0.4, 0.5) is 0 Å². The molecule has 55 heavy (non-hydrogen) atoms. The largest absolute Gasteiger partial charge is 0.459 e. The maximum atomic E-state index is 12.5. The van der Waals surface area contributed by atoms with Crippen molar-refractivity contribution in [3.05, 3.63) is 0 Å². The highest BCUT2D eigenvalue weighted by molar-refractivity contribution is 7.60. The Kier molecular flexibility index (Phi) is 20.7. The average molecular weight is 798 g/mol. The van der Waals surface area contributed by atoms with Crippen molar-refractivity contribution in [2.45, 2.75) is 120 Å². The number of amides is 1. The van der Waals surface area contributed by atoms with Gasteiger partial charge >= 0.3 is 5.97 Å². The standard InChI is InChI=1S/C31H48B6N3O13P2/c1-20(2)43-17-24-23(16-29(50-24)37(34)35)53-55(5,45-13-7-11-39)47-19-26-22(15-28(36-33)49-26)52-54(4,44-12-6-10-38)46-18-25-21(14-27(32)48-25)51-31(42)9-8-30(41)40-3/h20-29H,4-9,12-19H2,1-3H3,(H,40,41)/t21?,22?,23?,24-,25-,26-,27-,28-,29-,54?,55?/m1/s1. The van der Waals surface area contributed by atoms with Crippen molar-refractivity contribution >= 4 is 84.3 Å². The van der Waals surface area contributed by atoms with Crippen molar-refractivity contribution in [2.24, 2.45) is 0 Å². The molecule has 0 bridgehead atoms. The van der Waals surface area contributed by atoms with Gasteiger partial charge in [0.15, 0.2) is 0 Å². The smallest absolute Gasteiger partial charge is 0.306 e. The molecule has 3 fully saturated rings. The van der Waals surface area contributed by atoms with E-state index in [4.69, 9.17) is 81.9 Å². The van der Waals surface area contributed by atoms with Gasteiger partial charge in [0.2, 0.25) is 5.91 Å². The van der Waals surface area contributed by atoms with Crippen molar-refractivity contribution in [3.8, 4) is 12.1 Å². The Bertz CT molecular complexity index is 1410. The molecule has 3 rings (SSSR count). The number of carbonyl (C=O) groups excluding carboxylic acids is 2. The summed E-state index contributed by atoms with van der Waals surface area (Å²) in [6, 6.07) is 2.20. The Morgan fingerprint density at radius 2 is 1.44 bits per heavy atom. The summed E-state index contributed by atoms with van der Waals surface area (Å²) in [6.07, 6.45) is 4.55. The van der Waals surface area contributed by atoms with Crippen LogP contribution in [0.1, 0.15) is 58.8 Å². The van der Waals surface area contributed by atoms with E-state index in [0.717, 1.165) is 0 Å². The maximum Gasteiger partial charge on any atom is 0.306 e. The van der Waals surface area contributed by atoms with Crippen LogP contribution in [0.5, 0.6) is 0 Å². The van der Waals surface area contributed by atoms with Crippen molar-refractivity contribution < 1.29 is 60.4 Å². The van der Waals surface area contributed by atoms with Crippen LogP contribution < -0.4 is 5.32 Å². The van der Waals surface area contributed by atoms with E-state index < -0.39 is 82.2 Å². The molecule has 9 radical (unpaired) electrons. The molecule has 24 heteroatoms. The van der Waals surface area contributed by atoms with Crippen molar-refractivity contribution in [3.63, 3.8) is 0 Å². The Labute approximate surface area is 331 Å². The van der Waals surface area contributed by atoms with E-state index in [1.807, 2.05) is 26.0 Å². The molecule has 3 saturated heterocycles. The summed E-state index contributed by atoms with van der Waals surface area (Å²) in [5, 5.41) is 20.8. The number of nitriles is 2. The van der Waals surface area contributed by atoms with E-state index in [0.29, 0.717) is 6.42 Å². The number of hydrogen-bond acceptors (Lipinski definition) is 15. The zero-order valence-electron chi connectivity index (χ0n) is 31.7. The van der Waals surface area contributed by atoms with Gasteiger partial charge in [0, 0.05) is 61.1 Å². The van der Waals surface area contributed by atoms with Crippen molar-refractivity contribution in [1.82, 2.24) is 5.32 Å². The molecule has 0 saturated carbocycles. The highest BCUT2D eigenvalue weighted by Gasteiger charge is 2.44. The predicted octanol–water partition coefficient (Wildman–Crippen LogP) is 0.611. The Hall–Kier alpha value is -1.49. The second-order valence-corrected chi connectivity index (χ2v) is 17.2. The van der Waals surface area contributed by atoms with Crippen LogP contribution >= 0.6 is 15.1 Å². The fourth-order valence-electron chi connectivity index (χ4n) is 5.70. The number of ether oxygens (including phenoxy) is 5. The lowest BCUT2D eigenvalue weighted by molar-refractivity contribution is -0.153. The van der Waals surface area contributed by atoms with Gasteiger partial charge in [0.1, 0.15) is 32.3 Å². The average Bonchev–Trinajstić information content (AvgIpc) is 3.83. The molecule has 3 aliphatic rings. The summed E-state index contributed by atoms with van der Waals surface area (Å²) in [5.74, 6) is -0.906. The minimum atomic E-state index is -3.50. The zero-order chi connectivity index (χ0) is 40.6. The van der Waals surface area contributed by atoms with Gasteiger partial charge < -0.3 is 56.1 Å². The lowest BCUT2D eigenvalue weighted by Crippen LogP contribution is -2.33. The second-order valence-electron chi connectivity index (χ2n) is 13.3. The molecule has 293 valence electrons. The first kappa shape index (κ1) is 47.9. The molecule has 0 aromatic heterocycles. The number of hydrogen-bond donors (Lipinski definition) is 1. The normalized spacial score (nSPS) is 29.8. The van der Waals surface area contributed by atoms with E-state index in [2.05, 4.69) is 17.9 Å². The first-order valence-corrected chi connectivity index (χ1v) is 21.5. The van der Waals surface area contributed by atoms with E-state index in [1.165, 1.54) is 14.2 Å². The van der Waals surface area contributed by atoms with Gasteiger partial charge in [-0.05, 0) is 39.3 Å². The summed E-state index contributed by atoms with van der Waals surface area (Å²) in [4.78, 5) is 24.1. The van der Waals surface area contributed by atoms with Gasteiger partial charge in [0.25, 0.3) is 15.1 Å². The highest BCUT2D eigenvalue weighted by atomic mass is 31.2. The molecule has 3 aliphatic heterocycles. The van der Waals surface area contributed by atoms with Crippen molar-refractivity contribution in [1.29, 1.82) is 10.5 Å². The molecular weight excluding hydrogens is 749 g/mol. The number of nitrogens with zero attached hydrogens (tertiary/aromatic N) is 2. The van der Waals surface area contributed by atoms with E-state index in [-0.39, 0.29) is 83.6 Å². The molecule has 16 nitrogen and oxygen atoms in total. The first-order valence-electron chi connectivity index (χ1n) is 18.1. The minimum absolute atomic E-state index is 0.0170. The zero-order valence-corrected chi connectivity index (χ0v) is 33.5. The third-order valence-corrected chi connectivity index (χ3v) is 11.9. The lowest BCUT2D eigenvalue weighted by atomic mass is 9.16. The number of esters is 1. The summed E-state index contributed by atoms with van der Waals surface area (Å²) < 4.78 is 66.4. The fourth-order valence-corrected chi connectivity index (χ4v) is 8.85. The Morgan fingerprint density at radius 3 is 1.96 bits per heavy atom. The third kappa shape index (κ3) is 16.4. The number of rotatable bonds is 25. The SMILES string of the molecule is [B][B][C@H]1CC(OP(=C)(OCCC#N)OC[C@H]2O[C@@H]([B])CC2OC(=O)CCC(=O)NC)[C@@H](COP(=C)(OCCC#N)OC2C[C@H](B([B])[B])O[C@@H]2COC(C)C)O1. The Balaban J connectivity index is 1.74. The van der Waals surface area contributed by atoms with Crippen LogP contribution in [0.25, 0.3) is 0 Å². The van der Waals surface area contributed by atoms with Gasteiger partial charge in [-0.15, -0.1) is 0 Å². The van der Waals surface area contributed by atoms with E-state index >= 15 is 0 Å². The molecule has 1 amide bonds. The topological polar surface area (TPSA) is 195 Å². The quantitative estimate of drug-likeness (QED) is 0.0584. The number of nitrogens with one attached hydrogen (secondary N) is 1. The highest BCUT2D eigenvalue weighted by Crippen LogP contribution is 2.55. The van der Waals surface area contributed by atoms with Crippen LogP contribution in [0.3, 0.4) is 0 Å². The van der Waals surface area contributed by atoms with Gasteiger partial charge in [-0.1, -0.05) is 0 Å². The fraction of sp³-hybridized carbons (Fsp3) is 0.806. The number of carbonyl (C=O) groups is 2. The Morgan fingerprint density at radius 1 is 0.873 bits per heavy atom. The summed E-state index contributed by atoms with van der Waals surface area (Å²) in [6.45, 7) is 2.76. The van der Waals surface area contributed by atoms with Crippen LogP contribution in [0.15, 0.2) is 0 Å². The van der Waals surface area contributed by atoms with Gasteiger partial charge in [-0.3, -0.25) is 9.59 Å². The molecule has 5 unspecified atom stereocenters. The van der Waals surface area contributed by atoms with Gasteiger partial charge in [0.05, 0.1) is 96.4 Å². The second kappa shape index (κ2) is 23.8. The maximum absolute atomic E-state index is 12.5. The monoisotopic (exact) mass is 798 g/mol. The minimum Gasteiger partial charge on any atom is -0.459 e. The summed E-state index contributed by atoms with van der Waals surface area (Å²) in [7, 11) is 19.7. The molecule has 11 atom stereocenters. The summed E-state index contributed by atoms with van der Waals surface area (Å²) >= 11 is 0. The molecule has 0 aromatic carbocycles. The first-order chi connectivity index (χ1) is 26.1. The van der Waals surface area contributed by atoms with Gasteiger partial charge in [-0.25, -0.2) is 0 Å². The van der Waals surface area contributed by atoms with Crippen LogP contribution in [-0.2, 0) is 60.4 Å². The third-order valence-electron chi connectivity index (χ3n) is 8.51. The molecular formula is C31H48B6N3O13P2. The van der Waals surface area contributed by atoms with Crippen LogP contribution in [-0.4, -0.2) is 170 Å². The molecule has 1 N–H and O–H groups in total. The van der Waals surface area contributed by atoms with E-state index in [1.54, 1.807) is 0 Å².